The molecule has 0 spiro atoms. The molecule has 0 saturated carbocycles. The van der Waals surface area contributed by atoms with Gasteiger partial charge >= 0.3 is 0 Å². The standard InChI is InChI=1S/C8H11IO/c1-2-10-8-6-4-3-5-7(8)9/h3-8H,2H2,1H3. The largest absolute Gasteiger partial charge is 0.373 e. The van der Waals surface area contributed by atoms with Gasteiger partial charge in [-0.25, -0.2) is 0 Å². The van der Waals surface area contributed by atoms with E-state index in [1.54, 1.807) is 0 Å². The molecule has 0 N–H and O–H groups in total. The average molecular weight is 250 g/mol. The molecule has 0 aromatic rings. The molecular formula is C8H11IO. The number of ether oxygens (including phenoxy) is 1. The van der Waals surface area contributed by atoms with Gasteiger partial charge < -0.3 is 4.74 Å². The quantitative estimate of drug-likeness (QED) is 0.539. The second-order valence-electron chi connectivity index (χ2n) is 2.13. The highest BCUT2D eigenvalue weighted by atomic mass is 127. The Morgan fingerprint density at radius 1 is 1.40 bits per heavy atom. The van der Waals surface area contributed by atoms with Gasteiger partial charge in [0.25, 0.3) is 0 Å². The van der Waals surface area contributed by atoms with Gasteiger partial charge in [0.1, 0.15) is 0 Å². The minimum atomic E-state index is 0.288. The normalized spacial score (nSPS) is 31.0. The van der Waals surface area contributed by atoms with Gasteiger partial charge in [-0.15, -0.1) is 0 Å². The van der Waals surface area contributed by atoms with E-state index in [1.807, 2.05) is 13.0 Å². The van der Waals surface area contributed by atoms with E-state index in [0.29, 0.717) is 3.92 Å². The predicted molar refractivity (Wildman–Crippen MR) is 51.5 cm³/mol. The van der Waals surface area contributed by atoms with Crippen molar-refractivity contribution in [3.8, 4) is 0 Å². The molecule has 2 atom stereocenters. The highest BCUT2D eigenvalue weighted by Gasteiger charge is 2.14. The van der Waals surface area contributed by atoms with E-state index in [4.69, 9.17) is 4.74 Å². The Kier molecular flexibility index (Phi) is 3.42. The summed E-state index contributed by atoms with van der Waals surface area (Å²) in [5.41, 5.74) is 0. The topological polar surface area (TPSA) is 9.23 Å². The highest BCUT2D eigenvalue weighted by Crippen LogP contribution is 2.16. The molecule has 1 aliphatic rings. The van der Waals surface area contributed by atoms with Crippen molar-refractivity contribution in [2.75, 3.05) is 6.61 Å². The predicted octanol–water partition coefficient (Wildman–Crippen LogP) is 2.32. The molecule has 0 aromatic carbocycles. The van der Waals surface area contributed by atoms with Crippen molar-refractivity contribution < 1.29 is 4.74 Å². The molecular weight excluding hydrogens is 239 g/mol. The third-order valence-corrected chi connectivity index (χ3v) is 2.50. The number of hydrogen-bond donors (Lipinski definition) is 0. The summed E-state index contributed by atoms with van der Waals surface area (Å²) in [4.78, 5) is 0. The number of rotatable bonds is 2. The molecule has 0 saturated heterocycles. The Morgan fingerprint density at radius 2 is 2.10 bits per heavy atom. The maximum atomic E-state index is 5.45. The minimum Gasteiger partial charge on any atom is -0.373 e. The molecule has 10 heavy (non-hydrogen) atoms. The van der Waals surface area contributed by atoms with Crippen LogP contribution in [-0.4, -0.2) is 16.6 Å². The lowest BCUT2D eigenvalue weighted by atomic mass is 10.1. The fraction of sp³-hybridized carbons (Fsp3) is 0.500. The van der Waals surface area contributed by atoms with Crippen LogP contribution in [0.4, 0.5) is 0 Å². The number of halogens is 1. The molecule has 1 rings (SSSR count). The zero-order chi connectivity index (χ0) is 7.40. The Balaban J connectivity index is 2.44. The monoisotopic (exact) mass is 250 g/mol. The molecule has 0 radical (unpaired) electrons. The lowest BCUT2D eigenvalue weighted by Gasteiger charge is -2.18. The summed E-state index contributed by atoms with van der Waals surface area (Å²) in [6.45, 7) is 2.82. The van der Waals surface area contributed by atoms with Crippen molar-refractivity contribution in [2.45, 2.75) is 17.0 Å². The molecule has 2 unspecified atom stereocenters. The zero-order valence-electron chi connectivity index (χ0n) is 5.96. The summed E-state index contributed by atoms with van der Waals surface area (Å²) in [5, 5.41) is 0. The van der Waals surface area contributed by atoms with Crippen LogP contribution < -0.4 is 0 Å². The second-order valence-corrected chi connectivity index (χ2v) is 3.57. The zero-order valence-corrected chi connectivity index (χ0v) is 8.11. The van der Waals surface area contributed by atoms with E-state index in [1.165, 1.54) is 0 Å². The van der Waals surface area contributed by atoms with Crippen LogP contribution in [0.1, 0.15) is 6.92 Å². The molecule has 0 fully saturated rings. The first-order valence-corrected chi connectivity index (χ1v) is 4.70. The SMILES string of the molecule is CCOC1C=CC=CC1I. The summed E-state index contributed by atoms with van der Waals surface area (Å²) in [6.07, 6.45) is 8.64. The summed E-state index contributed by atoms with van der Waals surface area (Å²) in [6, 6.07) is 0. The van der Waals surface area contributed by atoms with Crippen molar-refractivity contribution >= 4 is 22.6 Å². The van der Waals surface area contributed by atoms with Gasteiger partial charge in [0, 0.05) is 6.61 Å². The van der Waals surface area contributed by atoms with Crippen molar-refractivity contribution in [1.82, 2.24) is 0 Å². The molecule has 0 amide bonds. The molecule has 56 valence electrons. The van der Waals surface area contributed by atoms with Crippen molar-refractivity contribution in [3.05, 3.63) is 24.3 Å². The molecule has 0 aromatic heterocycles. The van der Waals surface area contributed by atoms with Crippen molar-refractivity contribution in [2.24, 2.45) is 0 Å². The third kappa shape index (κ3) is 2.09. The fourth-order valence-electron chi connectivity index (χ4n) is 0.900. The van der Waals surface area contributed by atoms with Crippen LogP contribution in [0.15, 0.2) is 24.3 Å². The molecule has 0 bridgehead atoms. The fourth-order valence-corrected chi connectivity index (χ4v) is 1.59. The van der Waals surface area contributed by atoms with Crippen molar-refractivity contribution in [1.29, 1.82) is 0 Å². The van der Waals surface area contributed by atoms with E-state index in [2.05, 4.69) is 40.8 Å². The number of hydrogen-bond acceptors (Lipinski definition) is 1. The van der Waals surface area contributed by atoms with Gasteiger partial charge in [0.05, 0.1) is 10.0 Å². The van der Waals surface area contributed by atoms with Crippen LogP contribution in [0.5, 0.6) is 0 Å². The molecule has 1 nitrogen and oxygen atoms in total. The van der Waals surface area contributed by atoms with Gasteiger partial charge in [-0.3, -0.25) is 0 Å². The average Bonchev–Trinajstić information content (AvgIpc) is 1.94. The van der Waals surface area contributed by atoms with Crippen LogP contribution in [0, 0.1) is 0 Å². The maximum absolute atomic E-state index is 5.45. The van der Waals surface area contributed by atoms with Gasteiger partial charge in [-0.2, -0.15) is 0 Å². The molecule has 0 aliphatic heterocycles. The van der Waals surface area contributed by atoms with Gasteiger partial charge in [0.15, 0.2) is 0 Å². The number of alkyl halides is 1. The summed E-state index contributed by atoms with van der Waals surface area (Å²) >= 11 is 2.38. The Labute approximate surface area is 75.3 Å². The lowest BCUT2D eigenvalue weighted by Crippen LogP contribution is -2.21. The van der Waals surface area contributed by atoms with Crippen molar-refractivity contribution in [3.63, 3.8) is 0 Å². The Bertz CT molecular complexity index is 151. The Hall–Kier alpha value is 0.170. The van der Waals surface area contributed by atoms with Gasteiger partial charge in [0.2, 0.25) is 0 Å². The van der Waals surface area contributed by atoms with Gasteiger partial charge in [-0.05, 0) is 6.92 Å². The van der Waals surface area contributed by atoms with Gasteiger partial charge in [-0.1, -0.05) is 46.9 Å². The number of allylic oxidation sites excluding steroid dienone is 2. The lowest BCUT2D eigenvalue weighted by molar-refractivity contribution is 0.104. The Morgan fingerprint density at radius 3 is 2.70 bits per heavy atom. The minimum absolute atomic E-state index is 0.288. The van der Waals surface area contributed by atoms with E-state index in [0.717, 1.165) is 6.61 Å². The molecule has 1 aliphatic carbocycles. The summed E-state index contributed by atoms with van der Waals surface area (Å²) < 4.78 is 5.95. The van der Waals surface area contributed by atoms with E-state index >= 15 is 0 Å². The van der Waals surface area contributed by atoms with E-state index in [-0.39, 0.29) is 6.10 Å². The highest BCUT2D eigenvalue weighted by molar-refractivity contribution is 14.1. The summed E-state index contributed by atoms with van der Waals surface area (Å²) in [7, 11) is 0. The first kappa shape index (κ1) is 8.27. The van der Waals surface area contributed by atoms with Crippen LogP contribution in [0.2, 0.25) is 0 Å². The van der Waals surface area contributed by atoms with Crippen LogP contribution in [0.3, 0.4) is 0 Å². The van der Waals surface area contributed by atoms with E-state index in [9.17, 15) is 0 Å². The van der Waals surface area contributed by atoms with Crippen LogP contribution in [-0.2, 0) is 4.74 Å². The van der Waals surface area contributed by atoms with Crippen LogP contribution in [0.25, 0.3) is 0 Å². The molecule has 2 heteroatoms. The smallest absolute Gasteiger partial charge is 0.0911 e. The third-order valence-electron chi connectivity index (χ3n) is 1.38. The maximum Gasteiger partial charge on any atom is 0.0911 e. The second kappa shape index (κ2) is 4.13. The first-order chi connectivity index (χ1) is 4.84. The van der Waals surface area contributed by atoms with Crippen LogP contribution >= 0.6 is 22.6 Å². The molecule has 0 heterocycles. The first-order valence-electron chi connectivity index (χ1n) is 3.45. The van der Waals surface area contributed by atoms with E-state index < -0.39 is 0 Å². The summed E-state index contributed by atoms with van der Waals surface area (Å²) in [5.74, 6) is 0.